The van der Waals surface area contributed by atoms with E-state index in [4.69, 9.17) is 32.4 Å². The fraction of sp³-hybridized carbons (Fsp3) is 0.651. The molecule has 6 heterocycles. The second-order valence-electron chi connectivity index (χ2n) is 33.8. The van der Waals surface area contributed by atoms with Gasteiger partial charge in [-0.25, -0.2) is 19.2 Å². The number of benzene rings is 4. The van der Waals surface area contributed by atoms with Crippen molar-refractivity contribution in [3.05, 3.63) is 144 Å². The van der Waals surface area contributed by atoms with E-state index in [-0.39, 0.29) is 45.5 Å². The number of carbonyl (C=O) groups is 6. The minimum atomic E-state index is -0.535. The molecule has 0 bridgehead atoms. The molecular weight excluding hydrogens is 1360 g/mol. The number of unbranched alkanes of at least 4 members (excludes halogenated alkanes) is 1. The molecule has 6 fully saturated rings. The number of hydrogen-bond acceptors (Lipinski definition) is 14. The Labute approximate surface area is 648 Å². The molecule has 0 aromatic heterocycles. The van der Waals surface area contributed by atoms with Gasteiger partial charge < -0.3 is 82.7 Å². The summed E-state index contributed by atoms with van der Waals surface area (Å²) in [5.74, 6) is 0.283. The highest BCUT2D eigenvalue weighted by atomic mass is 16.6. The van der Waals surface area contributed by atoms with Gasteiger partial charge >= 0.3 is 24.2 Å². The number of nitrogens with two attached hydrogens (primary N) is 4. The van der Waals surface area contributed by atoms with Crippen LogP contribution in [0.15, 0.2) is 121 Å². The third kappa shape index (κ3) is 30.5. The molecule has 4 aromatic rings. The van der Waals surface area contributed by atoms with E-state index in [0.717, 1.165) is 220 Å². The molecule has 0 aliphatic carbocycles. The van der Waals surface area contributed by atoms with Crippen molar-refractivity contribution >= 4 is 36.1 Å². The van der Waals surface area contributed by atoms with Crippen LogP contribution in [0.4, 0.5) is 19.2 Å². The number of alkyl carbamates (subject to hydrolysis) is 2. The number of aryl methyl sites for hydroxylation is 3. The van der Waals surface area contributed by atoms with Gasteiger partial charge in [0.05, 0.1) is 0 Å². The maximum Gasteiger partial charge on any atom is 0.407 e. The van der Waals surface area contributed by atoms with Crippen molar-refractivity contribution in [2.24, 2.45) is 44.6 Å². The van der Waals surface area contributed by atoms with E-state index in [1.807, 2.05) is 78.2 Å². The monoisotopic (exact) mass is 1500 g/mol. The standard InChI is InChI=1S/C24H39N3O3.C22H35N3O3.2C20H32N4O/c1-23(2,3)30-22(29)26-16-8-7-11-21(28)27-17-14-24(19-25,15-18-27)13-12-20-9-5-4-6-10-20;1-21(2,3)28-20(27)24-14-10-19(26)25-15-12-22(17-23,13-16-25)11-9-18-7-5-4-6-8-18;1-23-11-7-18(8-12-23)22-19(25)24-13-9-20(16-21,10-14-24)15-17-5-3-2-4-6-17;1-22-13-15-24(16-14-22)19(25)23-11-9-20(17-21,10-12-23)8-7-18-5-3-2-4-6-18/h4-6,9-10H,7-8,11-19,25H2,1-3H3,(H,26,29);4-8H,9-17,23H2,1-3H3,(H,24,27);2-6,18H,7-16,21H2,1H3,(H,22,25);2-6H,7-17,21H2,1H3. The van der Waals surface area contributed by atoms with Crippen LogP contribution in [0, 0.1) is 21.7 Å². The molecule has 0 unspecified atom stereocenters. The van der Waals surface area contributed by atoms with Crippen molar-refractivity contribution in [2.45, 2.75) is 194 Å². The lowest BCUT2D eigenvalue weighted by atomic mass is 9.74. The molecular formula is C86H138N14O8. The van der Waals surface area contributed by atoms with Crippen molar-refractivity contribution in [2.75, 3.05) is 145 Å². The number of amides is 8. The Balaban J connectivity index is 0.000000201. The predicted octanol–water partition coefficient (Wildman–Crippen LogP) is 11.1. The summed E-state index contributed by atoms with van der Waals surface area (Å²) in [5, 5.41) is 8.62. The second kappa shape index (κ2) is 43.9. The van der Waals surface area contributed by atoms with Gasteiger partial charge in [-0.2, -0.15) is 0 Å². The van der Waals surface area contributed by atoms with Crippen LogP contribution >= 0.6 is 0 Å². The van der Waals surface area contributed by atoms with Gasteiger partial charge in [-0.05, 0) is 261 Å². The maximum absolute atomic E-state index is 12.7. The van der Waals surface area contributed by atoms with Gasteiger partial charge in [-0.15, -0.1) is 0 Å². The summed E-state index contributed by atoms with van der Waals surface area (Å²) in [6.45, 7) is 26.7. The highest BCUT2D eigenvalue weighted by molar-refractivity contribution is 5.78. The van der Waals surface area contributed by atoms with E-state index in [1.165, 1.54) is 22.3 Å². The zero-order chi connectivity index (χ0) is 78.1. The Hall–Kier alpha value is -7.34. The number of carbonyl (C=O) groups excluding carboxylic acids is 6. The van der Waals surface area contributed by atoms with Crippen molar-refractivity contribution in [1.82, 2.24) is 50.2 Å². The quantitative estimate of drug-likeness (QED) is 0.0321. The van der Waals surface area contributed by atoms with E-state index in [0.29, 0.717) is 51.6 Å². The topological polar surface area (TPSA) is 284 Å². The van der Waals surface area contributed by atoms with Crippen LogP contribution in [-0.4, -0.2) is 233 Å². The van der Waals surface area contributed by atoms with Gasteiger partial charge in [0.2, 0.25) is 11.8 Å². The van der Waals surface area contributed by atoms with Gasteiger partial charge in [0, 0.05) is 111 Å². The first-order valence-corrected chi connectivity index (χ1v) is 40.6. The van der Waals surface area contributed by atoms with E-state index in [1.54, 1.807) is 0 Å². The lowest BCUT2D eigenvalue weighted by Gasteiger charge is -2.43. The molecule has 6 saturated heterocycles. The summed E-state index contributed by atoms with van der Waals surface area (Å²) >= 11 is 0. The molecule has 6 aliphatic heterocycles. The smallest absolute Gasteiger partial charge is 0.407 e. The Morgan fingerprint density at radius 1 is 0.398 bits per heavy atom. The molecule has 0 saturated carbocycles. The number of likely N-dealkylation sites (tertiary alicyclic amines) is 5. The molecule has 600 valence electrons. The highest BCUT2D eigenvalue weighted by Gasteiger charge is 2.40. The average Bonchev–Trinajstić information content (AvgIpc) is 0.832. The second-order valence-corrected chi connectivity index (χ2v) is 33.8. The molecule has 11 N–H and O–H groups in total. The summed E-state index contributed by atoms with van der Waals surface area (Å²) in [5.41, 5.74) is 29.5. The minimum Gasteiger partial charge on any atom is -0.444 e. The number of hydrogen-bond donors (Lipinski definition) is 7. The number of ether oxygens (including phenoxy) is 2. The van der Waals surface area contributed by atoms with E-state index < -0.39 is 23.4 Å². The Morgan fingerprint density at radius 2 is 0.731 bits per heavy atom. The van der Waals surface area contributed by atoms with E-state index in [9.17, 15) is 28.8 Å². The summed E-state index contributed by atoms with van der Waals surface area (Å²) in [6.07, 6.45) is 18.8. The zero-order valence-corrected chi connectivity index (χ0v) is 67.3. The van der Waals surface area contributed by atoms with Crippen LogP contribution in [0.5, 0.6) is 0 Å². The molecule has 4 aromatic carbocycles. The van der Waals surface area contributed by atoms with E-state index >= 15 is 0 Å². The first kappa shape index (κ1) is 87.9. The number of nitrogens with zero attached hydrogens (tertiary/aromatic N) is 7. The molecule has 10 rings (SSSR count). The van der Waals surface area contributed by atoms with Gasteiger partial charge in [-0.3, -0.25) is 9.59 Å². The number of likely N-dealkylation sites (N-methyl/N-ethyl adjacent to an activating group) is 1. The third-order valence-electron chi connectivity index (χ3n) is 23.4. The van der Waals surface area contributed by atoms with Crippen molar-refractivity contribution in [3.8, 4) is 0 Å². The van der Waals surface area contributed by atoms with Crippen molar-refractivity contribution in [1.29, 1.82) is 0 Å². The van der Waals surface area contributed by atoms with Crippen molar-refractivity contribution in [3.63, 3.8) is 0 Å². The highest BCUT2D eigenvalue weighted by Crippen LogP contribution is 2.39. The predicted molar refractivity (Wildman–Crippen MR) is 434 cm³/mol. The Bertz CT molecular complexity index is 3250. The molecule has 22 heteroatoms. The third-order valence-corrected chi connectivity index (χ3v) is 23.4. The number of piperidine rings is 5. The minimum absolute atomic E-state index is 0.0738. The Morgan fingerprint density at radius 3 is 1.12 bits per heavy atom. The number of rotatable bonds is 24. The molecule has 0 atom stereocenters. The lowest BCUT2D eigenvalue weighted by molar-refractivity contribution is -0.134. The Kier molecular flexibility index (Phi) is 35.7. The number of nitrogens with one attached hydrogen (secondary N) is 3. The molecule has 108 heavy (non-hydrogen) atoms. The summed E-state index contributed by atoms with van der Waals surface area (Å²) in [6, 6.07) is 42.9. The summed E-state index contributed by atoms with van der Waals surface area (Å²) in [4.78, 5) is 88.1. The van der Waals surface area contributed by atoms with E-state index in [2.05, 4.69) is 149 Å². The van der Waals surface area contributed by atoms with Crippen LogP contribution in [0.2, 0.25) is 0 Å². The number of urea groups is 2. The molecule has 22 nitrogen and oxygen atoms in total. The summed E-state index contributed by atoms with van der Waals surface area (Å²) < 4.78 is 10.4. The largest absolute Gasteiger partial charge is 0.444 e. The summed E-state index contributed by atoms with van der Waals surface area (Å²) in [7, 11) is 4.26. The fourth-order valence-corrected chi connectivity index (χ4v) is 15.6. The maximum atomic E-state index is 12.7. The van der Waals surface area contributed by atoms with Crippen LogP contribution in [0.25, 0.3) is 0 Å². The number of piperazine rings is 1. The van der Waals surface area contributed by atoms with Crippen LogP contribution < -0.4 is 38.9 Å². The molecule has 0 radical (unpaired) electrons. The van der Waals surface area contributed by atoms with Gasteiger partial charge in [0.1, 0.15) is 11.2 Å². The first-order valence-electron chi connectivity index (χ1n) is 40.6. The van der Waals surface area contributed by atoms with Crippen molar-refractivity contribution < 1.29 is 38.2 Å². The fourth-order valence-electron chi connectivity index (χ4n) is 15.6. The molecule has 0 spiro atoms. The van der Waals surface area contributed by atoms with Gasteiger partial charge in [-0.1, -0.05) is 121 Å². The lowest BCUT2D eigenvalue weighted by Crippen LogP contribution is -2.55. The molecule has 6 aliphatic rings. The first-order chi connectivity index (χ1) is 51.7. The molecule has 8 amide bonds. The SMILES string of the molecule is CC(C)(C)OC(=O)NCCC(=O)N1CCC(CN)(CCc2ccccc2)CC1.CC(C)(C)OC(=O)NCCCCC(=O)N1CCC(CN)(CCc2ccccc2)CC1.CN1CCC(NC(=O)N2CCC(CN)(Cc3ccccc3)CC2)CC1.CN1CCN(C(=O)N2CCC(CN)(CCc3ccccc3)CC2)CC1. The van der Waals surface area contributed by atoms with Gasteiger partial charge in [0.25, 0.3) is 0 Å². The van der Waals surface area contributed by atoms with Gasteiger partial charge in [0.15, 0.2) is 0 Å². The van der Waals surface area contributed by atoms with Crippen LogP contribution in [-0.2, 0) is 44.7 Å². The van der Waals surface area contributed by atoms with Crippen LogP contribution in [0.3, 0.4) is 0 Å². The van der Waals surface area contributed by atoms with Crippen LogP contribution in [0.1, 0.15) is 173 Å². The average molecular weight is 1500 g/mol. The normalized spacial score (nSPS) is 18.8. The zero-order valence-electron chi connectivity index (χ0n) is 67.3.